The summed E-state index contributed by atoms with van der Waals surface area (Å²) in [5, 5.41) is 14.8. The molecule has 146 valence electrons. The molecule has 0 aliphatic rings. The minimum atomic E-state index is -0.774. The maximum Gasteiger partial charge on any atom is 0.393 e. The number of hydrogen-bond donors (Lipinski definition) is 0. The molecule has 0 radical (unpaired) electrons. The Morgan fingerprint density at radius 2 is 1.55 bits per heavy atom. The first kappa shape index (κ1) is 19.8. The smallest absolute Gasteiger partial charge is 0.393 e. The van der Waals surface area contributed by atoms with Crippen LogP contribution >= 0.6 is 0 Å². The van der Waals surface area contributed by atoms with Crippen molar-refractivity contribution in [1.29, 1.82) is 0 Å². The molecule has 0 aliphatic heterocycles. The highest BCUT2D eigenvalue weighted by atomic mass is 16.7. The number of amidine groups is 1. The summed E-state index contributed by atoms with van der Waals surface area (Å²) >= 11 is 0. The minimum Gasteiger partial charge on any atom is -0.496 e. The number of oxime groups is 1. The zero-order chi connectivity index (χ0) is 20.6. The SMILES string of the molecule is COc1ccccc1C/C(=N\OC(=O)c1ccc(-c2ccccc2)cc1)[N+](=O)[O-]. The van der Waals surface area contributed by atoms with Gasteiger partial charge in [0.2, 0.25) is 0 Å². The molecule has 0 heterocycles. The van der Waals surface area contributed by atoms with E-state index in [9.17, 15) is 14.9 Å². The van der Waals surface area contributed by atoms with Crippen LogP contribution in [0.25, 0.3) is 11.1 Å². The van der Waals surface area contributed by atoms with Crippen molar-refractivity contribution in [1.82, 2.24) is 0 Å². The Hall–Kier alpha value is -4.00. The average Bonchev–Trinajstić information content (AvgIpc) is 2.77. The normalized spacial score (nSPS) is 11.0. The summed E-state index contributed by atoms with van der Waals surface area (Å²) in [5.41, 5.74) is 2.76. The molecular formula is C22H18N2O5. The van der Waals surface area contributed by atoms with E-state index in [0.29, 0.717) is 11.3 Å². The number of ether oxygens (including phenoxy) is 1. The maximum absolute atomic E-state index is 12.2. The monoisotopic (exact) mass is 390 g/mol. The Morgan fingerprint density at radius 3 is 2.21 bits per heavy atom. The van der Waals surface area contributed by atoms with Gasteiger partial charge < -0.3 is 14.9 Å². The minimum absolute atomic E-state index is 0.142. The number of carbonyl (C=O) groups excluding carboxylic acids is 1. The van der Waals surface area contributed by atoms with Gasteiger partial charge in [-0.05, 0) is 34.2 Å². The lowest BCUT2D eigenvalue weighted by molar-refractivity contribution is -0.354. The van der Waals surface area contributed by atoms with E-state index in [1.807, 2.05) is 30.3 Å². The topological polar surface area (TPSA) is 91.0 Å². The van der Waals surface area contributed by atoms with Crippen LogP contribution in [-0.4, -0.2) is 23.8 Å². The quantitative estimate of drug-likeness (QED) is 0.205. The first-order valence-electron chi connectivity index (χ1n) is 8.78. The molecule has 7 nitrogen and oxygen atoms in total. The van der Waals surface area contributed by atoms with Gasteiger partial charge >= 0.3 is 11.8 Å². The summed E-state index contributed by atoms with van der Waals surface area (Å²) in [6.07, 6.45) is -0.142. The Kier molecular flexibility index (Phi) is 6.32. The van der Waals surface area contributed by atoms with Crippen LogP contribution in [0, 0.1) is 10.1 Å². The number of nitro groups is 1. The highest BCUT2D eigenvalue weighted by molar-refractivity contribution is 5.90. The van der Waals surface area contributed by atoms with E-state index in [2.05, 4.69) is 5.16 Å². The number of carbonyl (C=O) groups is 1. The van der Waals surface area contributed by atoms with E-state index >= 15 is 0 Å². The van der Waals surface area contributed by atoms with Crippen molar-refractivity contribution in [2.75, 3.05) is 7.11 Å². The van der Waals surface area contributed by atoms with E-state index in [1.165, 1.54) is 7.11 Å². The van der Waals surface area contributed by atoms with Crippen molar-refractivity contribution >= 4 is 11.8 Å². The molecule has 0 aromatic heterocycles. The lowest BCUT2D eigenvalue weighted by Gasteiger charge is -2.05. The molecule has 0 unspecified atom stereocenters. The van der Waals surface area contributed by atoms with Crippen LogP contribution in [0.15, 0.2) is 84.0 Å². The van der Waals surface area contributed by atoms with E-state index in [0.717, 1.165) is 11.1 Å². The summed E-state index contributed by atoms with van der Waals surface area (Å²) in [6.45, 7) is 0. The predicted molar refractivity (Wildman–Crippen MR) is 108 cm³/mol. The van der Waals surface area contributed by atoms with Crippen LogP contribution in [0.4, 0.5) is 0 Å². The van der Waals surface area contributed by atoms with Gasteiger partial charge in [0, 0.05) is 5.56 Å². The molecule has 3 aromatic rings. The Morgan fingerprint density at radius 1 is 0.931 bits per heavy atom. The van der Waals surface area contributed by atoms with E-state index < -0.39 is 16.7 Å². The number of rotatable bonds is 6. The highest BCUT2D eigenvalue weighted by Crippen LogP contribution is 2.20. The molecule has 0 saturated heterocycles. The summed E-state index contributed by atoms with van der Waals surface area (Å²) < 4.78 is 5.18. The molecular weight excluding hydrogens is 372 g/mol. The van der Waals surface area contributed by atoms with Crippen molar-refractivity contribution in [3.63, 3.8) is 0 Å². The lowest BCUT2D eigenvalue weighted by Crippen LogP contribution is -2.17. The molecule has 0 fully saturated rings. The van der Waals surface area contributed by atoms with Crippen molar-refractivity contribution < 1.29 is 19.3 Å². The van der Waals surface area contributed by atoms with E-state index in [-0.39, 0.29) is 12.0 Å². The molecule has 0 atom stereocenters. The third-order valence-corrected chi connectivity index (χ3v) is 4.21. The summed E-state index contributed by atoms with van der Waals surface area (Å²) in [5.74, 6) is -0.780. The van der Waals surface area contributed by atoms with E-state index in [1.54, 1.807) is 48.5 Å². The van der Waals surface area contributed by atoms with Crippen LogP contribution in [0.2, 0.25) is 0 Å². The van der Waals surface area contributed by atoms with Gasteiger partial charge in [-0.15, -0.1) is 0 Å². The molecule has 7 heteroatoms. The summed E-state index contributed by atoms with van der Waals surface area (Å²) in [4.78, 5) is 27.6. The van der Waals surface area contributed by atoms with Gasteiger partial charge in [-0.2, -0.15) is 0 Å². The van der Waals surface area contributed by atoms with Gasteiger partial charge in [-0.25, -0.2) is 9.63 Å². The standard InChI is InChI=1S/C22H18N2O5/c1-28-20-10-6-5-9-19(20)15-21(24(26)27)23-29-22(25)18-13-11-17(12-14-18)16-7-3-2-4-8-16/h2-14H,15H2,1H3/b23-21+. The number of methoxy groups -OCH3 is 1. The van der Waals surface area contributed by atoms with Crippen molar-refractivity contribution in [3.8, 4) is 16.9 Å². The van der Waals surface area contributed by atoms with Crippen molar-refractivity contribution in [2.45, 2.75) is 6.42 Å². The molecule has 3 rings (SSSR count). The third kappa shape index (κ3) is 5.04. The summed E-state index contributed by atoms with van der Waals surface area (Å²) in [6, 6.07) is 23.3. The van der Waals surface area contributed by atoms with Gasteiger partial charge in [0.15, 0.2) is 5.16 Å². The average molecular weight is 390 g/mol. The summed E-state index contributed by atoms with van der Waals surface area (Å²) in [7, 11) is 1.47. The maximum atomic E-state index is 12.2. The van der Waals surface area contributed by atoms with Crippen LogP contribution in [0.1, 0.15) is 15.9 Å². The molecule has 0 N–H and O–H groups in total. The van der Waals surface area contributed by atoms with Crippen molar-refractivity contribution in [3.05, 3.63) is 100 Å². The highest BCUT2D eigenvalue weighted by Gasteiger charge is 2.20. The molecule has 29 heavy (non-hydrogen) atoms. The fourth-order valence-corrected chi connectivity index (χ4v) is 2.73. The second kappa shape index (κ2) is 9.27. The molecule has 0 saturated carbocycles. The van der Waals surface area contributed by atoms with Crippen LogP contribution in [-0.2, 0) is 11.3 Å². The second-order valence-electron chi connectivity index (χ2n) is 6.08. The molecule has 0 amide bonds. The zero-order valence-electron chi connectivity index (χ0n) is 15.6. The predicted octanol–water partition coefficient (Wildman–Crippen LogP) is 4.35. The number of hydrogen-bond acceptors (Lipinski definition) is 6. The fourth-order valence-electron chi connectivity index (χ4n) is 2.73. The van der Waals surface area contributed by atoms with Gasteiger partial charge in [-0.3, -0.25) is 0 Å². The van der Waals surface area contributed by atoms with Crippen LogP contribution in [0.3, 0.4) is 0 Å². The van der Waals surface area contributed by atoms with Crippen molar-refractivity contribution in [2.24, 2.45) is 5.16 Å². The Bertz CT molecular complexity index is 1030. The molecule has 3 aromatic carbocycles. The third-order valence-electron chi connectivity index (χ3n) is 4.21. The Balaban J connectivity index is 1.72. The number of benzene rings is 3. The van der Waals surface area contributed by atoms with Crippen LogP contribution in [0.5, 0.6) is 5.75 Å². The lowest BCUT2D eigenvalue weighted by atomic mass is 10.0. The Labute approximate surface area is 167 Å². The fraction of sp³-hybridized carbons (Fsp3) is 0.0909. The largest absolute Gasteiger partial charge is 0.496 e. The first-order valence-corrected chi connectivity index (χ1v) is 8.78. The van der Waals surface area contributed by atoms with Gasteiger partial charge in [0.1, 0.15) is 5.75 Å². The first-order chi connectivity index (χ1) is 14.1. The number of para-hydroxylation sites is 1. The van der Waals surface area contributed by atoms with E-state index in [4.69, 9.17) is 9.57 Å². The van der Waals surface area contributed by atoms with Gasteiger partial charge in [0.05, 0.1) is 19.1 Å². The second-order valence-corrected chi connectivity index (χ2v) is 6.08. The number of nitrogens with zero attached hydrogens (tertiary/aromatic N) is 2. The van der Waals surface area contributed by atoms with Gasteiger partial charge in [-0.1, -0.05) is 60.7 Å². The molecule has 0 aliphatic carbocycles. The zero-order valence-corrected chi connectivity index (χ0v) is 15.6. The molecule has 0 spiro atoms. The van der Waals surface area contributed by atoms with Gasteiger partial charge in [0.25, 0.3) is 0 Å². The van der Waals surface area contributed by atoms with Crippen LogP contribution < -0.4 is 4.74 Å². The molecule has 0 bridgehead atoms.